The predicted octanol–water partition coefficient (Wildman–Crippen LogP) is 5.95. The Morgan fingerprint density at radius 3 is 2.18 bits per heavy atom. The van der Waals surface area contributed by atoms with E-state index in [1.807, 2.05) is 0 Å². The average molecular weight is 283 g/mol. The van der Waals surface area contributed by atoms with Gasteiger partial charge in [-0.2, -0.15) is 0 Å². The van der Waals surface area contributed by atoms with Gasteiger partial charge in [-0.15, -0.1) is 0 Å². The minimum absolute atomic E-state index is 1.04. The first kappa shape index (κ1) is 12.9. The molecule has 0 spiro atoms. The molecule has 0 saturated heterocycles. The second-order valence-corrected chi connectivity index (χ2v) is 5.69. The number of benzene rings is 3. The Bertz CT molecular complexity index is 990. The predicted molar refractivity (Wildman–Crippen MR) is 95.9 cm³/mol. The van der Waals surface area contributed by atoms with Crippen LogP contribution in [-0.2, 0) is 0 Å². The highest BCUT2D eigenvalue weighted by Crippen LogP contribution is 2.34. The van der Waals surface area contributed by atoms with E-state index in [4.69, 9.17) is 0 Å². The van der Waals surface area contributed by atoms with E-state index in [-0.39, 0.29) is 0 Å². The quantitative estimate of drug-likeness (QED) is 0.428. The number of para-hydroxylation sites is 1. The Morgan fingerprint density at radius 2 is 1.41 bits per heavy atom. The number of rotatable bonds is 2. The first-order valence-corrected chi connectivity index (χ1v) is 7.50. The summed E-state index contributed by atoms with van der Waals surface area (Å²) < 4.78 is 2.24. The van der Waals surface area contributed by atoms with Gasteiger partial charge >= 0.3 is 0 Å². The van der Waals surface area contributed by atoms with Gasteiger partial charge in [0.25, 0.3) is 0 Å². The molecular formula is C21H17N. The van der Waals surface area contributed by atoms with Crippen LogP contribution in [0.1, 0.15) is 6.92 Å². The van der Waals surface area contributed by atoms with Gasteiger partial charge in [-0.3, -0.25) is 0 Å². The van der Waals surface area contributed by atoms with Crippen LogP contribution < -0.4 is 0 Å². The summed E-state index contributed by atoms with van der Waals surface area (Å²) in [5.41, 5.74) is 5.97. The van der Waals surface area contributed by atoms with Crippen molar-refractivity contribution < 1.29 is 0 Å². The Morgan fingerprint density at radius 1 is 0.727 bits per heavy atom. The lowest BCUT2D eigenvalue weighted by atomic mass is 10.0. The third-order valence-corrected chi connectivity index (χ3v) is 4.16. The molecule has 1 nitrogen and oxygen atoms in total. The fourth-order valence-electron chi connectivity index (χ4n) is 3.19. The highest BCUT2D eigenvalue weighted by Gasteiger charge is 2.11. The number of fused-ring (bicyclic) bond motifs is 3. The number of allylic oxidation sites excluding steroid dienone is 1. The lowest BCUT2D eigenvalue weighted by Gasteiger charge is -2.06. The van der Waals surface area contributed by atoms with Crippen LogP contribution in [0.15, 0.2) is 79.4 Å². The van der Waals surface area contributed by atoms with E-state index in [0.29, 0.717) is 0 Å². The molecule has 0 aliphatic heterocycles. The van der Waals surface area contributed by atoms with Crippen molar-refractivity contribution in [3.63, 3.8) is 0 Å². The van der Waals surface area contributed by atoms with E-state index >= 15 is 0 Å². The van der Waals surface area contributed by atoms with Gasteiger partial charge in [0.05, 0.1) is 11.0 Å². The Balaban J connectivity index is 2.09. The van der Waals surface area contributed by atoms with E-state index in [9.17, 15) is 0 Å². The maximum atomic E-state index is 4.14. The maximum absolute atomic E-state index is 4.14. The average Bonchev–Trinajstić information content (AvgIpc) is 2.89. The van der Waals surface area contributed by atoms with E-state index < -0.39 is 0 Å². The Hall–Kier alpha value is -2.80. The van der Waals surface area contributed by atoms with Gasteiger partial charge in [-0.05, 0) is 36.2 Å². The SMILES string of the molecule is C=C(C)n1c2ccccc2c2cc(-c3ccccc3)ccc21. The normalized spacial score (nSPS) is 11.1. The molecule has 3 aromatic carbocycles. The fourth-order valence-corrected chi connectivity index (χ4v) is 3.19. The summed E-state index contributed by atoms with van der Waals surface area (Å²) in [5, 5.41) is 2.55. The second-order valence-electron chi connectivity index (χ2n) is 5.69. The van der Waals surface area contributed by atoms with E-state index in [1.165, 1.54) is 32.9 Å². The minimum atomic E-state index is 1.04. The molecule has 0 saturated carbocycles. The lowest BCUT2D eigenvalue weighted by molar-refractivity contribution is 1.21. The van der Waals surface area contributed by atoms with Gasteiger partial charge in [0.1, 0.15) is 0 Å². The second kappa shape index (κ2) is 4.88. The summed E-state index contributed by atoms with van der Waals surface area (Å²) in [7, 11) is 0. The van der Waals surface area contributed by atoms with Crippen molar-refractivity contribution in [2.45, 2.75) is 6.92 Å². The zero-order valence-electron chi connectivity index (χ0n) is 12.6. The molecular weight excluding hydrogens is 266 g/mol. The van der Waals surface area contributed by atoms with Gasteiger partial charge in [0, 0.05) is 16.5 Å². The largest absolute Gasteiger partial charge is 0.314 e. The van der Waals surface area contributed by atoms with Crippen LogP contribution in [0.4, 0.5) is 0 Å². The molecule has 0 atom stereocenters. The lowest BCUT2D eigenvalue weighted by Crippen LogP contribution is -1.91. The Kier molecular flexibility index (Phi) is 2.87. The van der Waals surface area contributed by atoms with Gasteiger partial charge in [0.15, 0.2) is 0 Å². The van der Waals surface area contributed by atoms with Gasteiger partial charge < -0.3 is 4.57 Å². The van der Waals surface area contributed by atoms with Crippen molar-refractivity contribution in [2.24, 2.45) is 0 Å². The first-order chi connectivity index (χ1) is 10.8. The molecule has 1 heteroatoms. The van der Waals surface area contributed by atoms with E-state index in [0.717, 1.165) is 5.70 Å². The minimum Gasteiger partial charge on any atom is -0.314 e. The molecule has 1 heterocycles. The van der Waals surface area contributed by atoms with Crippen LogP contribution in [0.2, 0.25) is 0 Å². The molecule has 0 fully saturated rings. The zero-order valence-corrected chi connectivity index (χ0v) is 12.6. The van der Waals surface area contributed by atoms with Crippen molar-refractivity contribution in [1.82, 2.24) is 4.57 Å². The van der Waals surface area contributed by atoms with E-state index in [1.54, 1.807) is 0 Å². The summed E-state index contributed by atoms with van der Waals surface area (Å²) in [4.78, 5) is 0. The van der Waals surface area contributed by atoms with Crippen molar-refractivity contribution in [3.8, 4) is 11.1 Å². The smallest absolute Gasteiger partial charge is 0.0537 e. The molecule has 0 aliphatic rings. The molecule has 0 bridgehead atoms. The highest BCUT2D eigenvalue weighted by molar-refractivity contribution is 6.11. The molecule has 0 unspecified atom stereocenters. The van der Waals surface area contributed by atoms with Crippen molar-refractivity contribution in [2.75, 3.05) is 0 Å². The van der Waals surface area contributed by atoms with Crippen molar-refractivity contribution in [3.05, 3.63) is 79.4 Å². The molecule has 0 N–H and O–H groups in total. The number of nitrogens with zero attached hydrogens (tertiary/aromatic N) is 1. The van der Waals surface area contributed by atoms with E-state index in [2.05, 4.69) is 90.9 Å². The standard InChI is InChI=1S/C21H17N/c1-15(2)22-20-11-7-6-10-18(20)19-14-17(12-13-21(19)22)16-8-4-3-5-9-16/h3-14H,1H2,2H3. The summed E-state index contributed by atoms with van der Waals surface area (Å²) in [5.74, 6) is 0. The molecule has 4 rings (SSSR count). The number of hydrogen-bond acceptors (Lipinski definition) is 0. The monoisotopic (exact) mass is 283 g/mol. The van der Waals surface area contributed by atoms with Crippen LogP contribution in [-0.4, -0.2) is 4.57 Å². The topological polar surface area (TPSA) is 4.93 Å². The summed E-state index contributed by atoms with van der Waals surface area (Å²) in [6.07, 6.45) is 0. The van der Waals surface area contributed by atoms with Crippen molar-refractivity contribution in [1.29, 1.82) is 0 Å². The molecule has 0 aliphatic carbocycles. The van der Waals surface area contributed by atoms with Crippen LogP contribution in [0, 0.1) is 0 Å². The molecule has 22 heavy (non-hydrogen) atoms. The van der Waals surface area contributed by atoms with Gasteiger partial charge in [-0.1, -0.05) is 61.2 Å². The van der Waals surface area contributed by atoms with Crippen LogP contribution in [0.25, 0.3) is 38.6 Å². The summed E-state index contributed by atoms with van der Waals surface area (Å²) >= 11 is 0. The van der Waals surface area contributed by atoms with Crippen LogP contribution in [0.5, 0.6) is 0 Å². The Labute approximate surface area is 130 Å². The number of aromatic nitrogens is 1. The molecule has 0 amide bonds. The molecule has 4 aromatic rings. The molecule has 1 aromatic heterocycles. The van der Waals surface area contributed by atoms with Gasteiger partial charge in [-0.25, -0.2) is 0 Å². The number of hydrogen-bond donors (Lipinski definition) is 0. The maximum Gasteiger partial charge on any atom is 0.0537 e. The molecule has 106 valence electrons. The first-order valence-electron chi connectivity index (χ1n) is 7.50. The zero-order chi connectivity index (χ0) is 15.1. The molecule has 0 radical (unpaired) electrons. The summed E-state index contributed by atoms with van der Waals surface area (Å²) in [6, 6.07) is 25.7. The summed E-state index contributed by atoms with van der Waals surface area (Å²) in [6.45, 7) is 6.19. The fraction of sp³-hybridized carbons (Fsp3) is 0.0476. The highest BCUT2D eigenvalue weighted by atomic mass is 15.0. The van der Waals surface area contributed by atoms with Crippen molar-refractivity contribution >= 4 is 27.5 Å². The van der Waals surface area contributed by atoms with Crippen LogP contribution >= 0.6 is 0 Å². The van der Waals surface area contributed by atoms with Gasteiger partial charge in [0.2, 0.25) is 0 Å². The third kappa shape index (κ3) is 1.86. The van der Waals surface area contributed by atoms with Crippen LogP contribution in [0.3, 0.4) is 0 Å². The third-order valence-electron chi connectivity index (χ3n) is 4.16.